The molecule has 0 spiro atoms. The van der Waals surface area contributed by atoms with Gasteiger partial charge in [0.25, 0.3) is 5.91 Å². The van der Waals surface area contributed by atoms with Gasteiger partial charge in [0.15, 0.2) is 17.3 Å². The van der Waals surface area contributed by atoms with E-state index in [-0.39, 0.29) is 42.2 Å². The number of aromatic nitrogens is 2. The quantitative estimate of drug-likeness (QED) is 0.431. The number of aliphatic hydroxyl groups excluding tert-OH is 2. The number of ether oxygens (including phenoxy) is 1. The number of rotatable bonds is 10. The van der Waals surface area contributed by atoms with Crippen LogP contribution in [0.3, 0.4) is 0 Å². The van der Waals surface area contributed by atoms with Crippen LogP contribution >= 0.6 is 0 Å². The molecule has 0 aliphatic carbocycles. The van der Waals surface area contributed by atoms with E-state index in [9.17, 15) is 19.8 Å². The van der Waals surface area contributed by atoms with Gasteiger partial charge in [-0.2, -0.15) is 5.10 Å². The average molecular weight is 444 g/mol. The van der Waals surface area contributed by atoms with E-state index in [1.54, 1.807) is 30.5 Å². The Hall–Kier alpha value is -3.37. The van der Waals surface area contributed by atoms with Gasteiger partial charge in [0.05, 0.1) is 25.8 Å². The largest absolute Gasteiger partial charge is 0.504 e. The molecule has 0 bridgehead atoms. The molecule has 0 radical (unpaired) electrons. The molecule has 32 heavy (non-hydrogen) atoms. The summed E-state index contributed by atoms with van der Waals surface area (Å²) in [6.07, 6.45) is 2.37. The Bertz CT molecular complexity index is 986. The highest BCUT2D eigenvalue weighted by molar-refractivity contribution is 5.99. The molecular weight excluding hydrogens is 416 g/mol. The normalized spacial score (nSPS) is 15.6. The Morgan fingerprint density at radius 2 is 2.03 bits per heavy atom. The highest BCUT2D eigenvalue weighted by Gasteiger charge is 2.35. The van der Waals surface area contributed by atoms with E-state index in [1.807, 2.05) is 13.8 Å². The number of anilines is 1. The van der Waals surface area contributed by atoms with Crippen LogP contribution in [0.2, 0.25) is 0 Å². The fraction of sp³-hybridized carbons (Fsp3) is 0.409. The third kappa shape index (κ3) is 5.86. The number of nitrogens with zero attached hydrogens (tertiary/aromatic N) is 3. The number of hydrogen-bond donors (Lipinski definition) is 4. The first kappa shape index (κ1) is 23.3. The summed E-state index contributed by atoms with van der Waals surface area (Å²) in [6.45, 7) is 3.70. The number of hydrogen-bond acceptors (Lipinski definition) is 7. The molecule has 1 aliphatic rings. The second-order valence-corrected chi connectivity index (χ2v) is 8.04. The second-order valence-electron chi connectivity index (χ2n) is 8.04. The van der Waals surface area contributed by atoms with Crippen LogP contribution in [-0.2, 0) is 16.1 Å². The van der Waals surface area contributed by atoms with Crippen molar-refractivity contribution in [3.8, 4) is 11.5 Å². The smallest absolute Gasteiger partial charge is 0.251 e. The number of aliphatic hydroxyl groups is 2. The fourth-order valence-electron chi connectivity index (χ4n) is 3.36. The van der Waals surface area contributed by atoms with Gasteiger partial charge in [-0.25, -0.2) is 0 Å². The number of aromatic hydroxyl groups is 1. The van der Waals surface area contributed by atoms with E-state index in [0.717, 1.165) is 0 Å². The Morgan fingerprint density at radius 3 is 2.72 bits per heavy atom. The average Bonchev–Trinajstić information content (AvgIpc) is 3.33. The maximum atomic E-state index is 13.0. The van der Waals surface area contributed by atoms with Crippen LogP contribution in [0.4, 0.5) is 5.82 Å². The van der Waals surface area contributed by atoms with Crippen molar-refractivity contribution in [2.24, 2.45) is 5.92 Å². The highest BCUT2D eigenvalue weighted by atomic mass is 16.5. The summed E-state index contributed by atoms with van der Waals surface area (Å²) in [5.74, 6) is 0.190. The predicted molar refractivity (Wildman–Crippen MR) is 116 cm³/mol. The zero-order valence-corrected chi connectivity index (χ0v) is 18.0. The van der Waals surface area contributed by atoms with Crippen LogP contribution in [0.5, 0.6) is 11.5 Å². The number of phenolic OH excluding ortho intramolecular Hbond substituents is 1. The van der Waals surface area contributed by atoms with Gasteiger partial charge in [-0.05, 0) is 24.5 Å². The topological polar surface area (TPSA) is 137 Å². The van der Waals surface area contributed by atoms with Crippen LogP contribution < -0.4 is 10.1 Å². The summed E-state index contributed by atoms with van der Waals surface area (Å²) < 4.78 is 7.08. The standard InChI is InChI=1S/C22H28N4O6/c1-14(2)9-17(22(31)23-20-7-8-25(24-20)11-15(28)13-27)26-12-16(10-21(26)30)32-19-6-4-3-5-18(19)29/h3-8,10,14-15,17,27-29H,9,11-13H2,1-2H3,(H,23,24,31)/t15-,17+/m1/s1. The summed E-state index contributed by atoms with van der Waals surface area (Å²) >= 11 is 0. The van der Waals surface area contributed by atoms with Gasteiger partial charge in [-0.15, -0.1) is 0 Å². The molecule has 2 aromatic rings. The minimum Gasteiger partial charge on any atom is -0.504 e. The summed E-state index contributed by atoms with van der Waals surface area (Å²) in [7, 11) is 0. The van der Waals surface area contributed by atoms with E-state index in [4.69, 9.17) is 9.84 Å². The molecule has 2 atom stereocenters. The summed E-state index contributed by atoms with van der Waals surface area (Å²) in [5, 5.41) is 35.3. The van der Waals surface area contributed by atoms with Gasteiger partial charge in [0.2, 0.25) is 5.91 Å². The van der Waals surface area contributed by atoms with Crippen molar-refractivity contribution >= 4 is 17.6 Å². The van der Waals surface area contributed by atoms with Crippen molar-refractivity contribution in [1.82, 2.24) is 14.7 Å². The van der Waals surface area contributed by atoms with Crippen LogP contribution in [-0.4, -0.2) is 67.1 Å². The minimum atomic E-state index is -0.956. The van der Waals surface area contributed by atoms with E-state index in [2.05, 4.69) is 10.4 Å². The summed E-state index contributed by atoms with van der Waals surface area (Å²) in [4.78, 5) is 27.1. The van der Waals surface area contributed by atoms with E-state index in [1.165, 1.54) is 21.7 Å². The molecule has 3 rings (SSSR count). The Labute approximate surface area is 185 Å². The first-order valence-corrected chi connectivity index (χ1v) is 10.4. The zero-order chi connectivity index (χ0) is 23.3. The number of amides is 2. The minimum absolute atomic E-state index is 0.0438. The lowest BCUT2D eigenvalue weighted by Crippen LogP contribution is -2.46. The highest BCUT2D eigenvalue weighted by Crippen LogP contribution is 2.29. The second kappa shape index (κ2) is 10.3. The monoisotopic (exact) mass is 444 g/mol. The zero-order valence-electron chi connectivity index (χ0n) is 18.0. The van der Waals surface area contributed by atoms with Crippen LogP contribution in [0.25, 0.3) is 0 Å². The molecule has 10 nitrogen and oxygen atoms in total. The van der Waals surface area contributed by atoms with Crippen LogP contribution in [0.1, 0.15) is 20.3 Å². The molecule has 0 saturated heterocycles. The van der Waals surface area contributed by atoms with Gasteiger partial charge in [0, 0.05) is 18.3 Å². The molecule has 1 aliphatic heterocycles. The lowest BCUT2D eigenvalue weighted by atomic mass is 10.0. The van der Waals surface area contributed by atoms with Crippen molar-refractivity contribution in [2.45, 2.75) is 39.0 Å². The Morgan fingerprint density at radius 1 is 1.28 bits per heavy atom. The molecule has 0 unspecified atom stereocenters. The van der Waals surface area contributed by atoms with Crippen molar-refractivity contribution in [2.75, 3.05) is 18.5 Å². The predicted octanol–water partition coefficient (Wildman–Crippen LogP) is 1.10. The lowest BCUT2D eigenvalue weighted by Gasteiger charge is -2.28. The van der Waals surface area contributed by atoms with Crippen molar-refractivity contribution in [3.05, 3.63) is 48.4 Å². The van der Waals surface area contributed by atoms with Crippen LogP contribution in [0, 0.1) is 5.92 Å². The first-order chi connectivity index (χ1) is 15.3. The Kier molecular flexibility index (Phi) is 7.49. The first-order valence-electron chi connectivity index (χ1n) is 10.4. The van der Waals surface area contributed by atoms with Gasteiger partial charge in [-0.1, -0.05) is 26.0 Å². The molecular formula is C22H28N4O6. The van der Waals surface area contributed by atoms with Gasteiger partial charge < -0.3 is 30.3 Å². The molecule has 0 fully saturated rings. The van der Waals surface area contributed by atoms with E-state index in [0.29, 0.717) is 12.2 Å². The van der Waals surface area contributed by atoms with Gasteiger partial charge in [-0.3, -0.25) is 14.3 Å². The molecule has 2 amide bonds. The number of benzene rings is 1. The van der Waals surface area contributed by atoms with Crippen molar-refractivity contribution in [3.63, 3.8) is 0 Å². The molecule has 1 aromatic carbocycles. The van der Waals surface area contributed by atoms with Gasteiger partial charge in [0.1, 0.15) is 11.8 Å². The van der Waals surface area contributed by atoms with Gasteiger partial charge >= 0.3 is 0 Å². The molecule has 172 valence electrons. The third-order valence-electron chi connectivity index (χ3n) is 4.87. The number of carbonyl (C=O) groups is 2. The Balaban J connectivity index is 1.69. The maximum Gasteiger partial charge on any atom is 0.251 e. The molecule has 2 heterocycles. The number of carbonyl (C=O) groups excluding carboxylic acids is 2. The van der Waals surface area contributed by atoms with Crippen molar-refractivity contribution < 1.29 is 29.6 Å². The molecule has 4 N–H and O–H groups in total. The van der Waals surface area contributed by atoms with E-state index < -0.39 is 24.7 Å². The molecule has 0 saturated carbocycles. The fourth-order valence-corrected chi connectivity index (χ4v) is 3.36. The van der Waals surface area contributed by atoms with Crippen molar-refractivity contribution in [1.29, 1.82) is 0 Å². The number of nitrogens with one attached hydrogen (secondary N) is 1. The molecule has 10 heteroatoms. The maximum absolute atomic E-state index is 13.0. The van der Waals surface area contributed by atoms with Crippen LogP contribution in [0.15, 0.2) is 48.4 Å². The molecule has 1 aromatic heterocycles. The third-order valence-corrected chi connectivity index (χ3v) is 4.87. The van der Waals surface area contributed by atoms with E-state index >= 15 is 0 Å². The summed E-state index contributed by atoms with van der Waals surface area (Å²) in [6, 6.07) is 7.27. The number of phenols is 1. The summed E-state index contributed by atoms with van der Waals surface area (Å²) in [5.41, 5.74) is 0. The SMILES string of the molecule is CC(C)C[C@@H](C(=O)Nc1ccn(C[C@@H](O)CO)n1)N1CC(Oc2ccccc2O)=CC1=O. The number of para-hydroxylation sites is 2. The lowest BCUT2D eigenvalue weighted by molar-refractivity contribution is -0.133.